The number of nitro groups is 1. The van der Waals surface area contributed by atoms with Gasteiger partial charge in [0.05, 0.1) is 10.6 Å². The van der Waals surface area contributed by atoms with Gasteiger partial charge < -0.3 is 14.5 Å². The van der Waals surface area contributed by atoms with Crippen molar-refractivity contribution in [1.29, 1.82) is 0 Å². The van der Waals surface area contributed by atoms with Gasteiger partial charge in [0.1, 0.15) is 0 Å². The number of nitro benzene ring substituents is 1. The molecule has 0 aliphatic carbocycles. The largest absolute Gasteiger partial charge is 0.480 e. The minimum Gasteiger partial charge on any atom is -0.480 e. The molecule has 2 heterocycles. The van der Waals surface area contributed by atoms with E-state index in [0.29, 0.717) is 11.4 Å². The number of fused-ring (bicyclic) bond motifs is 1. The average Bonchev–Trinajstić information content (AvgIpc) is 2.93. The molecule has 0 atom stereocenters. The van der Waals surface area contributed by atoms with Crippen molar-refractivity contribution in [3.05, 3.63) is 64.4 Å². The lowest BCUT2D eigenvalue weighted by Gasteiger charge is -2.08. The van der Waals surface area contributed by atoms with Crippen LogP contribution in [-0.2, 0) is 4.79 Å². The maximum atomic E-state index is 13.5. The zero-order chi connectivity index (χ0) is 18.0. The summed E-state index contributed by atoms with van der Waals surface area (Å²) in [6.45, 7) is 1.52. The summed E-state index contributed by atoms with van der Waals surface area (Å²) in [7, 11) is 0. The molecule has 0 aliphatic rings. The molecule has 2 aromatic heterocycles. The second-order valence-electron chi connectivity index (χ2n) is 5.25. The first-order valence-corrected chi connectivity index (χ1v) is 7.25. The molecule has 0 fully saturated rings. The lowest BCUT2D eigenvalue weighted by molar-refractivity contribution is -0.387. The van der Waals surface area contributed by atoms with E-state index in [1.807, 2.05) is 19.3 Å². The summed E-state index contributed by atoms with van der Waals surface area (Å²) in [5.74, 6) is -1.12. The molecule has 0 spiro atoms. The number of rotatable bonds is 5. The van der Waals surface area contributed by atoms with Gasteiger partial charge in [-0.2, -0.15) is 4.39 Å². The highest BCUT2D eigenvalue weighted by Gasteiger charge is 2.15. The van der Waals surface area contributed by atoms with Gasteiger partial charge in [-0.3, -0.25) is 14.9 Å². The molecule has 1 N–H and O–H groups in total. The fourth-order valence-corrected chi connectivity index (χ4v) is 2.30. The summed E-state index contributed by atoms with van der Waals surface area (Å²) >= 11 is 0. The number of nitrogens with zero attached hydrogens (tertiary/aromatic N) is 3. The molecule has 3 rings (SSSR count). The first-order chi connectivity index (χ1) is 11.9. The first kappa shape index (κ1) is 16.4. The number of aryl methyl sites for hydroxylation is 1. The Balaban J connectivity index is 1.66. The number of anilines is 1. The molecule has 0 unspecified atom stereocenters. The van der Waals surface area contributed by atoms with E-state index in [1.54, 1.807) is 16.5 Å². The number of nitrogens with one attached hydrogen (secondary N) is 1. The van der Waals surface area contributed by atoms with E-state index in [-0.39, 0.29) is 12.3 Å². The normalized spacial score (nSPS) is 10.6. The number of halogens is 1. The molecule has 9 heteroatoms. The number of aromatic nitrogens is 2. The minimum atomic E-state index is -1.03. The third-order valence-corrected chi connectivity index (χ3v) is 3.35. The van der Waals surface area contributed by atoms with Crippen LogP contribution in [0.2, 0.25) is 0 Å². The topological polar surface area (TPSA) is 98.8 Å². The predicted octanol–water partition coefficient (Wildman–Crippen LogP) is 2.71. The summed E-state index contributed by atoms with van der Waals surface area (Å²) in [4.78, 5) is 26.0. The number of benzene rings is 1. The van der Waals surface area contributed by atoms with Crippen molar-refractivity contribution in [2.75, 3.05) is 11.9 Å². The molecule has 0 saturated carbocycles. The van der Waals surface area contributed by atoms with Gasteiger partial charge in [-0.1, -0.05) is 0 Å². The number of carbonyl (C=O) groups is 1. The molecule has 0 saturated heterocycles. The number of amides is 1. The molecule has 128 valence electrons. The lowest BCUT2D eigenvalue weighted by Crippen LogP contribution is -2.20. The van der Waals surface area contributed by atoms with Crippen molar-refractivity contribution in [3.63, 3.8) is 0 Å². The van der Waals surface area contributed by atoms with Gasteiger partial charge in [0.15, 0.2) is 18.0 Å². The second kappa shape index (κ2) is 6.56. The van der Waals surface area contributed by atoms with E-state index in [0.717, 1.165) is 17.8 Å². The summed E-state index contributed by atoms with van der Waals surface area (Å²) in [6.07, 6.45) is 3.63. The fourth-order valence-electron chi connectivity index (χ4n) is 2.30. The zero-order valence-corrected chi connectivity index (χ0v) is 13.1. The van der Waals surface area contributed by atoms with Gasteiger partial charge in [-0.05, 0) is 25.1 Å². The molecule has 0 aliphatic heterocycles. The second-order valence-corrected chi connectivity index (χ2v) is 5.25. The predicted molar refractivity (Wildman–Crippen MR) is 87.1 cm³/mol. The molecule has 1 aromatic carbocycles. The Morgan fingerprint density at radius 3 is 2.96 bits per heavy atom. The Bertz CT molecular complexity index is 970. The van der Waals surface area contributed by atoms with E-state index < -0.39 is 22.3 Å². The van der Waals surface area contributed by atoms with Gasteiger partial charge in [-0.15, -0.1) is 0 Å². The minimum absolute atomic E-state index is 0.103. The van der Waals surface area contributed by atoms with Crippen LogP contribution in [0.15, 0.2) is 42.7 Å². The molecular weight excluding hydrogens is 331 g/mol. The number of ether oxygens (including phenoxy) is 1. The Morgan fingerprint density at radius 2 is 2.24 bits per heavy atom. The fraction of sp³-hybridized carbons (Fsp3) is 0.125. The Morgan fingerprint density at radius 1 is 1.44 bits per heavy atom. The Labute approximate surface area is 141 Å². The van der Waals surface area contributed by atoms with Gasteiger partial charge >= 0.3 is 5.69 Å². The molecular formula is C16H13FN4O4. The van der Waals surface area contributed by atoms with Crippen LogP contribution in [0.5, 0.6) is 5.75 Å². The number of carbonyl (C=O) groups excluding carboxylic acids is 1. The first-order valence-electron chi connectivity index (χ1n) is 7.25. The van der Waals surface area contributed by atoms with Crippen LogP contribution < -0.4 is 10.1 Å². The maximum absolute atomic E-state index is 13.5. The number of imidazole rings is 1. The van der Waals surface area contributed by atoms with Crippen molar-refractivity contribution in [2.24, 2.45) is 0 Å². The number of hydrogen-bond acceptors (Lipinski definition) is 5. The third-order valence-electron chi connectivity index (χ3n) is 3.35. The van der Waals surface area contributed by atoms with E-state index >= 15 is 0 Å². The van der Waals surface area contributed by atoms with Crippen LogP contribution in [-0.4, -0.2) is 26.8 Å². The number of hydrogen-bond donors (Lipinski definition) is 1. The van der Waals surface area contributed by atoms with Crippen LogP contribution in [0.4, 0.5) is 15.8 Å². The van der Waals surface area contributed by atoms with Crippen molar-refractivity contribution in [2.45, 2.75) is 6.92 Å². The van der Waals surface area contributed by atoms with Crippen molar-refractivity contribution in [1.82, 2.24) is 9.38 Å². The zero-order valence-electron chi connectivity index (χ0n) is 13.1. The standard InChI is InChI=1S/C16H13FN4O4/c1-10-8-20-6-2-3-14(16(20)18-10)25-9-15(22)19-11-4-5-13(21(23)24)12(17)7-11/h2-8H,9H2,1H3,(H,19,22). The summed E-state index contributed by atoms with van der Waals surface area (Å²) in [5.41, 5.74) is 0.832. The van der Waals surface area contributed by atoms with E-state index in [4.69, 9.17) is 4.74 Å². The highest BCUT2D eigenvalue weighted by atomic mass is 19.1. The molecule has 8 nitrogen and oxygen atoms in total. The van der Waals surface area contributed by atoms with Crippen molar-refractivity contribution in [3.8, 4) is 5.75 Å². The SMILES string of the molecule is Cc1cn2cccc(OCC(=O)Nc3ccc([N+](=O)[O-])c(F)c3)c2n1. The molecule has 3 aromatic rings. The monoisotopic (exact) mass is 344 g/mol. The number of pyridine rings is 1. The smallest absolute Gasteiger partial charge is 0.304 e. The third kappa shape index (κ3) is 3.55. The summed E-state index contributed by atoms with van der Waals surface area (Å²) < 4.78 is 20.8. The highest BCUT2D eigenvalue weighted by molar-refractivity contribution is 5.92. The summed E-state index contributed by atoms with van der Waals surface area (Å²) in [6, 6.07) is 6.56. The maximum Gasteiger partial charge on any atom is 0.304 e. The van der Waals surface area contributed by atoms with E-state index in [2.05, 4.69) is 10.3 Å². The van der Waals surface area contributed by atoms with Crippen molar-refractivity contribution >= 4 is 22.9 Å². The van der Waals surface area contributed by atoms with Crippen molar-refractivity contribution < 1.29 is 18.8 Å². The highest BCUT2D eigenvalue weighted by Crippen LogP contribution is 2.21. The Kier molecular flexibility index (Phi) is 4.29. The van der Waals surface area contributed by atoms with E-state index in [9.17, 15) is 19.3 Å². The summed E-state index contributed by atoms with van der Waals surface area (Å²) in [5, 5.41) is 13.0. The van der Waals surface area contributed by atoms with Crippen LogP contribution in [0, 0.1) is 22.9 Å². The van der Waals surface area contributed by atoms with Gasteiger partial charge in [-0.25, -0.2) is 4.98 Å². The molecule has 1 amide bonds. The lowest BCUT2D eigenvalue weighted by atomic mass is 10.2. The average molecular weight is 344 g/mol. The molecule has 0 bridgehead atoms. The van der Waals surface area contributed by atoms with Crippen LogP contribution in [0.3, 0.4) is 0 Å². The molecule has 25 heavy (non-hydrogen) atoms. The quantitative estimate of drug-likeness (QED) is 0.567. The molecule has 0 radical (unpaired) electrons. The van der Waals surface area contributed by atoms with E-state index in [1.165, 1.54) is 6.07 Å². The van der Waals surface area contributed by atoms with Gasteiger partial charge in [0.2, 0.25) is 5.82 Å². The van der Waals surface area contributed by atoms with Crippen LogP contribution >= 0.6 is 0 Å². The van der Waals surface area contributed by atoms with Gasteiger partial charge in [0.25, 0.3) is 5.91 Å². The van der Waals surface area contributed by atoms with Crippen LogP contribution in [0.25, 0.3) is 5.65 Å². The Hall–Kier alpha value is -3.49. The van der Waals surface area contributed by atoms with Crippen LogP contribution in [0.1, 0.15) is 5.69 Å². The van der Waals surface area contributed by atoms with Gasteiger partial charge in [0, 0.05) is 30.2 Å².